The molecule has 0 aliphatic carbocycles. The summed E-state index contributed by atoms with van der Waals surface area (Å²) in [5, 5.41) is 1.51. The highest BCUT2D eigenvalue weighted by Crippen LogP contribution is 2.32. The molecule has 0 amide bonds. The van der Waals surface area contributed by atoms with Crippen LogP contribution in [0.3, 0.4) is 0 Å². The third-order valence-electron chi connectivity index (χ3n) is 4.30. The SMILES string of the molecule is Clc1ccc(-c2ccc(Sc3ccc(-c4ccc(Cl)cc4)cc3)cc2)cc1. The monoisotopic (exact) mass is 406 g/mol. The van der Waals surface area contributed by atoms with Crippen LogP contribution in [0.1, 0.15) is 0 Å². The van der Waals surface area contributed by atoms with Crippen LogP contribution in [-0.2, 0) is 0 Å². The molecule has 0 aromatic heterocycles. The molecule has 0 nitrogen and oxygen atoms in total. The lowest BCUT2D eigenvalue weighted by Gasteiger charge is -2.06. The summed E-state index contributed by atoms with van der Waals surface area (Å²) < 4.78 is 0. The highest BCUT2D eigenvalue weighted by atomic mass is 35.5. The van der Waals surface area contributed by atoms with Crippen LogP contribution in [0, 0.1) is 0 Å². The maximum absolute atomic E-state index is 5.96. The molecule has 132 valence electrons. The van der Waals surface area contributed by atoms with Crippen molar-refractivity contribution >= 4 is 35.0 Å². The van der Waals surface area contributed by atoms with Crippen molar-refractivity contribution in [3.8, 4) is 22.3 Å². The first-order chi connectivity index (χ1) is 13.2. The van der Waals surface area contributed by atoms with Gasteiger partial charge < -0.3 is 0 Å². The third kappa shape index (κ3) is 4.56. The molecule has 0 radical (unpaired) electrons. The first-order valence-corrected chi connectivity index (χ1v) is 10.1. The summed E-state index contributed by atoms with van der Waals surface area (Å²) in [5.74, 6) is 0. The van der Waals surface area contributed by atoms with Gasteiger partial charge in [-0.25, -0.2) is 0 Å². The van der Waals surface area contributed by atoms with Gasteiger partial charge in [0.2, 0.25) is 0 Å². The van der Waals surface area contributed by atoms with Crippen molar-refractivity contribution < 1.29 is 0 Å². The fraction of sp³-hybridized carbons (Fsp3) is 0. The molecule has 0 saturated heterocycles. The summed E-state index contributed by atoms with van der Waals surface area (Å²) in [6.45, 7) is 0. The van der Waals surface area contributed by atoms with Crippen LogP contribution >= 0.6 is 35.0 Å². The van der Waals surface area contributed by atoms with Crippen LogP contribution in [-0.4, -0.2) is 0 Å². The van der Waals surface area contributed by atoms with Gasteiger partial charge in [-0.2, -0.15) is 0 Å². The fourth-order valence-corrected chi connectivity index (χ4v) is 3.92. The Hall–Kier alpha value is -2.19. The Labute approximate surface area is 173 Å². The second-order valence-electron chi connectivity index (χ2n) is 6.16. The highest BCUT2D eigenvalue weighted by Gasteiger charge is 2.02. The normalized spacial score (nSPS) is 10.7. The topological polar surface area (TPSA) is 0 Å². The van der Waals surface area contributed by atoms with Gasteiger partial charge in [-0.3, -0.25) is 0 Å². The average Bonchev–Trinajstić information content (AvgIpc) is 2.71. The standard InChI is InChI=1S/C24H16Cl2S/c25-21-9-1-17(2-10-21)19-5-13-23(14-6-19)27-24-15-7-20(8-16-24)18-3-11-22(26)12-4-18/h1-16H. The van der Waals surface area contributed by atoms with Crippen LogP contribution in [0.4, 0.5) is 0 Å². The first-order valence-electron chi connectivity index (χ1n) is 8.57. The van der Waals surface area contributed by atoms with Crippen molar-refractivity contribution in [3.63, 3.8) is 0 Å². The summed E-state index contributed by atoms with van der Waals surface area (Å²) in [6.07, 6.45) is 0. The van der Waals surface area contributed by atoms with Gasteiger partial charge in [0, 0.05) is 19.8 Å². The Morgan fingerprint density at radius 3 is 0.926 bits per heavy atom. The summed E-state index contributed by atoms with van der Waals surface area (Å²) in [4.78, 5) is 2.43. The molecule has 0 aliphatic heterocycles. The Bertz CT molecular complexity index is 933. The number of benzene rings is 4. The van der Waals surface area contributed by atoms with Crippen LogP contribution in [0.2, 0.25) is 10.0 Å². The third-order valence-corrected chi connectivity index (χ3v) is 5.82. The van der Waals surface area contributed by atoms with E-state index in [-0.39, 0.29) is 0 Å². The fourth-order valence-electron chi connectivity index (χ4n) is 2.85. The largest absolute Gasteiger partial charge is 0.0901 e. The maximum atomic E-state index is 5.96. The minimum atomic E-state index is 0.757. The van der Waals surface area contributed by atoms with Gasteiger partial charge in [-0.05, 0) is 70.8 Å². The predicted octanol–water partition coefficient (Wildman–Crippen LogP) is 8.48. The molecule has 4 rings (SSSR count). The van der Waals surface area contributed by atoms with E-state index in [0.717, 1.165) is 10.0 Å². The number of hydrogen-bond donors (Lipinski definition) is 0. The molecule has 3 heteroatoms. The van der Waals surface area contributed by atoms with E-state index < -0.39 is 0 Å². The number of halogens is 2. The second kappa shape index (κ2) is 8.22. The lowest BCUT2D eigenvalue weighted by atomic mass is 10.1. The van der Waals surface area contributed by atoms with Gasteiger partial charge in [0.25, 0.3) is 0 Å². The van der Waals surface area contributed by atoms with Gasteiger partial charge >= 0.3 is 0 Å². The molecule has 0 aliphatic rings. The smallest absolute Gasteiger partial charge is 0.0406 e. The summed E-state index contributed by atoms with van der Waals surface area (Å²) in [5.41, 5.74) is 4.72. The molecule has 0 saturated carbocycles. The first kappa shape index (κ1) is 18.2. The van der Waals surface area contributed by atoms with E-state index in [1.165, 1.54) is 32.0 Å². The van der Waals surface area contributed by atoms with Crippen LogP contribution < -0.4 is 0 Å². The van der Waals surface area contributed by atoms with Crippen LogP contribution in [0.25, 0.3) is 22.3 Å². The van der Waals surface area contributed by atoms with E-state index in [2.05, 4.69) is 48.5 Å². The zero-order valence-electron chi connectivity index (χ0n) is 14.4. The predicted molar refractivity (Wildman–Crippen MR) is 118 cm³/mol. The number of hydrogen-bond acceptors (Lipinski definition) is 1. The molecular weight excluding hydrogens is 391 g/mol. The molecule has 0 heterocycles. The van der Waals surface area contributed by atoms with E-state index in [9.17, 15) is 0 Å². The average molecular weight is 407 g/mol. The molecule has 4 aromatic carbocycles. The molecular formula is C24H16Cl2S. The van der Waals surface area contributed by atoms with Crippen LogP contribution in [0.5, 0.6) is 0 Å². The Kier molecular flexibility index (Phi) is 5.54. The molecule has 0 N–H and O–H groups in total. The minimum Gasteiger partial charge on any atom is -0.0901 e. The molecule has 27 heavy (non-hydrogen) atoms. The summed E-state index contributed by atoms with van der Waals surface area (Å²) in [6, 6.07) is 33.0. The van der Waals surface area contributed by atoms with Crippen LogP contribution in [0.15, 0.2) is 107 Å². The lowest BCUT2D eigenvalue weighted by Crippen LogP contribution is -1.80. The molecule has 0 atom stereocenters. The minimum absolute atomic E-state index is 0.757. The zero-order valence-corrected chi connectivity index (χ0v) is 16.7. The Morgan fingerprint density at radius 2 is 0.630 bits per heavy atom. The van der Waals surface area contributed by atoms with Crippen molar-refractivity contribution in [2.24, 2.45) is 0 Å². The van der Waals surface area contributed by atoms with Gasteiger partial charge in [-0.15, -0.1) is 0 Å². The van der Waals surface area contributed by atoms with E-state index in [1.54, 1.807) is 11.8 Å². The maximum Gasteiger partial charge on any atom is 0.0406 e. The zero-order chi connectivity index (χ0) is 18.6. The second-order valence-corrected chi connectivity index (χ2v) is 8.18. The molecule has 0 fully saturated rings. The summed E-state index contributed by atoms with van der Waals surface area (Å²) >= 11 is 13.7. The molecule has 0 unspecified atom stereocenters. The van der Waals surface area contributed by atoms with Gasteiger partial charge in [-0.1, -0.05) is 83.5 Å². The van der Waals surface area contributed by atoms with Gasteiger partial charge in [0.05, 0.1) is 0 Å². The van der Waals surface area contributed by atoms with Crippen molar-refractivity contribution in [2.75, 3.05) is 0 Å². The van der Waals surface area contributed by atoms with Crippen molar-refractivity contribution in [3.05, 3.63) is 107 Å². The molecule has 4 aromatic rings. The van der Waals surface area contributed by atoms with E-state index >= 15 is 0 Å². The summed E-state index contributed by atoms with van der Waals surface area (Å²) in [7, 11) is 0. The van der Waals surface area contributed by atoms with E-state index in [1.807, 2.05) is 48.5 Å². The quantitative estimate of drug-likeness (QED) is 0.327. The van der Waals surface area contributed by atoms with E-state index in [4.69, 9.17) is 23.2 Å². The van der Waals surface area contributed by atoms with E-state index in [0.29, 0.717) is 0 Å². The van der Waals surface area contributed by atoms with Crippen molar-refractivity contribution in [2.45, 2.75) is 9.79 Å². The number of rotatable bonds is 4. The van der Waals surface area contributed by atoms with Gasteiger partial charge in [0.15, 0.2) is 0 Å². The van der Waals surface area contributed by atoms with Crippen molar-refractivity contribution in [1.82, 2.24) is 0 Å². The van der Waals surface area contributed by atoms with Crippen molar-refractivity contribution in [1.29, 1.82) is 0 Å². The molecule has 0 spiro atoms. The Morgan fingerprint density at radius 1 is 0.370 bits per heavy atom. The Balaban J connectivity index is 1.47. The highest BCUT2D eigenvalue weighted by molar-refractivity contribution is 7.99. The van der Waals surface area contributed by atoms with Gasteiger partial charge in [0.1, 0.15) is 0 Å². The lowest BCUT2D eigenvalue weighted by molar-refractivity contribution is 1.40. The molecule has 0 bridgehead atoms.